The molecular formula is C19H26ClNO. The van der Waals surface area contributed by atoms with Crippen LogP contribution in [0.5, 0.6) is 0 Å². The van der Waals surface area contributed by atoms with Crippen molar-refractivity contribution in [3.05, 3.63) is 60.2 Å². The van der Waals surface area contributed by atoms with E-state index in [-0.39, 0.29) is 18.4 Å². The topological polar surface area (TPSA) is 46.2 Å². The van der Waals surface area contributed by atoms with Gasteiger partial charge in [0.05, 0.1) is 12.1 Å². The monoisotopic (exact) mass is 319 g/mol. The van der Waals surface area contributed by atoms with Crippen molar-refractivity contribution in [2.75, 3.05) is 0 Å². The number of rotatable bonds is 6. The predicted octanol–water partition coefficient (Wildman–Crippen LogP) is 4.57. The van der Waals surface area contributed by atoms with Crippen molar-refractivity contribution >= 4 is 12.4 Å². The summed E-state index contributed by atoms with van der Waals surface area (Å²) in [5.74, 6) is 0.590. The molecule has 0 saturated heterocycles. The van der Waals surface area contributed by atoms with Gasteiger partial charge in [0.25, 0.3) is 0 Å². The third-order valence-corrected chi connectivity index (χ3v) is 3.86. The number of aliphatic hydroxyl groups is 1. The lowest BCUT2D eigenvalue weighted by Crippen LogP contribution is -2.26. The van der Waals surface area contributed by atoms with Crippen LogP contribution in [0.2, 0.25) is 0 Å². The Morgan fingerprint density at radius 1 is 0.864 bits per heavy atom. The van der Waals surface area contributed by atoms with E-state index in [0.717, 1.165) is 18.4 Å². The van der Waals surface area contributed by atoms with E-state index in [2.05, 4.69) is 38.1 Å². The molecule has 0 aliphatic carbocycles. The van der Waals surface area contributed by atoms with Gasteiger partial charge in [0, 0.05) is 0 Å². The zero-order valence-electron chi connectivity index (χ0n) is 13.3. The predicted molar refractivity (Wildman–Crippen MR) is 96.1 cm³/mol. The average Bonchev–Trinajstić information content (AvgIpc) is 2.53. The summed E-state index contributed by atoms with van der Waals surface area (Å²) in [4.78, 5) is 0. The number of aliphatic hydroxyl groups excluding tert-OH is 1. The van der Waals surface area contributed by atoms with E-state index in [9.17, 15) is 5.11 Å². The molecule has 2 rings (SSSR count). The second kappa shape index (κ2) is 8.94. The Morgan fingerprint density at radius 2 is 1.41 bits per heavy atom. The first-order valence-corrected chi connectivity index (χ1v) is 7.67. The number of halogens is 1. The molecule has 0 aliphatic rings. The fourth-order valence-corrected chi connectivity index (χ4v) is 2.43. The first-order chi connectivity index (χ1) is 10.1. The summed E-state index contributed by atoms with van der Waals surface area (Å²) in [5.41, 5.74) is 9.52. The fraction of sp³-hybridized carbons (Fsp3) is 0.368. The van der Waals surface area contributed by atoms with Gasteiger partial charge in [-0.1, -0.05) is 68.4 Å². The van der Waals surface area contributed by atoms with Crippen LogP contribution in [0.4, 0.5) is 0 Å². The summed E-state index contributed by atoms with van der Waals surface area (Å²) in [6.45, 7) is 4.32. The van der Waals surface area contributed by atoms with Crippen LogP contribution in [-0.4, -0.2) is 11.2 Å². The van der Waals surface area contributed by atoms with E-state index >= 15 is 0 Å². The average molecular weight is 320 g/mol. The summed E-state index contributed by atoms with van der Waals surface area (Å²) < 4.78 is 0. The number of hydrogen-bond acceptors (Lipinski definition) is 2. The first-order valence-electron chi connectivity index (χ1n) is 7.67. The maximum absolute atomic E-state index is 10.2. The number of hydrogen-bond donors (Lipinski definition) is 2. The number of nitrogens with two attached hydrogens (primary N) is 1. The van der Waals surface area contributed by atoms with Crippen LogP contribution < -0.4 is 5.73 Å². The van der Waals surface area contributed by atoms with Crippen molar-refractivity contribution in [3.8, 4) is 11.1 Å². The molecule has 3 heteroatoms. The van der Waals surface area contributed by atoms with Gasteiger partial charge < -0.3 is 10.8 Å². The van der Waals surface area contributed by atoms with Gasteiger partial charge in [-0.3, -0.25) is 0 Å². The molecule has 0 bridgehead atoms. The fourth-order valence-electron chi connectivity index (χ4n) is 2.43. The van der Waals surface area contributed by atoms with Crippen molar-refractivity contribution in [2.45, 2.75) is 38.8 Å². The summed E-state index contributed by atoms with van der Waals surface area (Å²) >= 11 is 0. The van der Waals surface area contributed by atoms with Crippen LogP contribution in [0.25, 0.3) is 11.1 Å². The molecule has 0 aromatic heterocycles. The minimum atomic E-state index is -0.477. The highest BCUT2D eigenvalue weighted by molar-refractivity contribution is 5.85. The van der Waals surface area contributed by atoms with Crippen LogP contribution in [0.3, 0.4) is 0 Å². The van der Waals surface area contributed by atoms with Gasteiger partial charge in [0.2, 0.25) is 0 Å². The maximum atomic E-state index is 10.2. The van der Waals surface area contributed by atoms with Crippen LogP contribution in [0, 0.1) is 5.92 Å². The molecule has 2 nitrogen and oxygen atoms in total. The summed E-state index contributed by atoms with van der Waals surface area (Å²) in [7, 11) is 0. The summed E-state index contributed by atoms with van der Waals surface area (Å²) in [6.07, 6.45) is 1.27. The van der Waals surface area contributed by atoms with Gasteiger partial charge in [0.15, 0.2) is 0 Å². The Labute approximate surface area is 139 Å². The van der Waals surface area contributed by atoms with E-state index in [4.69, 9.17) is 5.73 Å². The van der Waals surface area contributed by atoms with Gasteiger partial charge in [0.1, 0.15) is 0 Å². The highest BCUT2D eigenvalue weighted by Gasteiger charge is 2.17. The lowest BCUT2D eigenvalue weighted by atomic mass is 9.94. The molecule has 2 aromatic carbocycles. The lowest BCUT2D eigenvalue weighted by molar-refractivity contribution is 0.128. The van der Waals surface area contributed by atoms with E-state index in [1.165, 1.54) is 11.1 Å². The van der Waals surface area contributed by atoms with Gasteiger partial charge in [-0.05, 0) is 35.4 Å². The van der Waals surface area contributed by atoms with Crippen molar-refractivity contribution in [2.24, 2.45) is 11.7 Å². The SMILES string of the molecule is CC(C)CC[C@H](O)[C@H](N)c1ccc(-c2ccccc2)cc1.Cl. The molecule has 0 heterocycles. The van der Waals surface area contributed by atoms with Crippen LogP contribution in [0.1, 0.15) is 38.3 Å². The van der Waals surface area contributed by atoms with Gasteiger partial charge in [-0.15, -0.1) is 12.4 Å². The Balaban J connectivity index is 0.00000242. The molecular weight excluding hydrogens is 294 g/mol. The van der Waals surface area contributed by atoms with Gasteiger partial charge in [-0.2, -0.15) is 0 Å². The Hall–Kier alpha value is -1.35. The van der Waals surface area contributed by atoms with Crippen molar-refractivity contribution in [3.63, 3.8) is 0 Å². The van der Waals surface area contributed by atoms with E-state index in [1.54, 1.807) is 0 Å². The largest absolute Gasteiger partial charge is 0.391 e. The van der Waals surface area contributed by atoms with Crippen LogP contribution in [-0.2, 0) is 0 Å². The molecule has 0 aliphatic heterocycles. The third-order valence-electron chi connectivity index (χ3n) is 3.86. The smallest absolute Gasteiger partial charge is 0.0732 e. The molecule has 0 unspecified atom stereocenters. The normalized spacial score (nSPS) is 13.5. The molecule has 120 valence electrons. The second-order valence-corrected chi connectivity index (χ2v) is 6.05. The Bertz CT molecular complexity index is 539. The number of benzene rings is 2. The van der Waals surface area contributed by atoms with E-state index < -0.39 is 6.10 Å². The Kier molecular flexibility index (Phi) is 7.60. The molecule has 2 atom stereocenters. The molecule has 22 heavy (non-hydrogen) atoms. The first kappa shape index (κ1) is 18.7. The van der Waals surface area contributed by atoms with E-state index in [0.29, 0.717) is 5.92 Å². The van der Waals surface area contributed by atoms with Gasteiger partial charge >= 0.3 is 0 Å². The van der Waals surface area contributed by atoms with Crippen molar-refractivity contribution in [1.29, 1.82) is 0 Å². The molecule has 3 N–H and O–H groups in total. The lowest BCUT2D eigenvalue weighted by Gasteiger charge is -2.20. The molecule has 0 fully saturated rings. The quantitative estimate of drug-likeness (QED) is 0.819. The summed E-state index contributed by atoms with van der Waals surface area (Å²) in [5, 5.41) is 10.2. The van der Waals surface area contributed by atoms with Gasteiger partial charge in [-0.25, -0.2) is 0 Å². The minimum Gasteiger partial charge on any atom is -0.391 e. The minimum absolute atomic E-state index is 0. The van der Waals surface area contributed by atoms with Crippen LogP contribution >= 0.6 is 12.4 Å². The maximum Gasteiger partial charge on any atom is 0.0732 e. The zero-order chi connectivity index (χ0) is 15.2. The molecule has 0 spiro atoms. The molecule has 0 radical (unpaired) electrons. The van der Waals surface area contributed by atoms with Crippen molar-refractivity contribution in [1.82, 2.24) is 0 Å². The molecule has 0 amide bonds. The highest BCUT2D eigenvalue weighted by atomic mass is 35.5. The second-order valence-electron chi connectivity index (χ2n) is 6.05. The van der Waals surface area contributed by atoms with Crippen LogP contribution in [0.15, 0.2) is 54.6 Å². The zero-order valence-corrected chi connectivity index (χ0v) is 14.1. The third kappa shape index (κ3) is 5.13. The van der Waals surface area contributed by atoms with Crippen molar-refractivity contribution < 1.29 is 5.11 Å². The molecule has 0 saturated carbocycles. The van der Waals surface area contributed by atoms with E-state index in [1.807, 2.05) is 30.3 Å². The summed E-state index contributed by atoms with van der Waals surface area (Å²) in [6, 6.07) is 18.1. The Morgan fingerprint density at radius 3 is 1.95 bits per heavy atom. The molecule has 2 aromatic rings. The highest BCUT2D eigenvalue weighted by Crippen LogP contribution is 2.24. The standard InChI is InChI=1S/C19H25NO.ClH/c1-14(2)8-13-18(21)19(20)17-11-9-16(10-12-17)15-6-4-3-5-7-15;/h3-7,9-12,14,18-19,21H,8,13,20H2,1-2H3;1H/t18-,19+;/m0./s1.